The Morgan fingerprint density at radius 3 is 2.19 bits per heavy atom. The molecule has 11 nitrogen and oxygen atoms in total. The van der Waals surface area contributed by atoms with Crippen molar-refractivity contribution in [2.24, 2.45) is 5.73 Å². The second-order valence-corrected chi connectivity index (χ2v) is 13.0. The second-order valence-electron chi connectivity index (χ2n) is 13.0. The van der Waals surface area contributed by atoms with Gasteiger partial charge in [-0.25, -0.2) is 9.78 Å². The molecule has 0 spiro atoms. The van der Waals surface area contributed by atoms with Crippen LogP contribution in [0.15, 0.2) is 36.5 Å². The van der Waals surface area contributed by atoms with Crippen LogP contribution in [0.25, 0.3) is 0 Å². The van der Waals surface area contributed by atoms with Gasteiger partial charge < -0.3 is 31.3 Å². The van der Waals surface area contributed by atoms with Gasteiger partial charge in [0, 0.05) is 47.5 Å². The fourth-order valence-corrected chi connectivity index (χ4v) is 7.21. The summed E-state index contributed by atoms with van der Waals surface area (Å²) >= 11 is 0. The van der Waals surface area contributed by atoms with Crippen LogP contribution in [0.5, 0.6) is 0 Å². The molecule has 1 aromatic heterocycles. The first kappa shape index (κ1) is 30.1. The van der Waals surface area contributed by atoms with Gasteiger partial charge in [0.2, 0.25) is 5.91 Å². The molecule has 5 rings (SSSR count). The number of carbonyl (C=O) groups excluding carboxylic acids is 2. The molecule has 1 aromatic carbocycles. The van der Waals surface area contributed by atoms with Crippen molar-refractivity contribution < 1.29 is 19.5 Å². The number of nitrogens with zero attached hydrogens (tertiary/aromatic N) is 4. The highest BCUT2D eigenvalue weighted by Crippen LogP contribution is 2.39. The molecule has 5 N–H and O–H groups in total. The number of nitrogens with two attached hydrogens (primary N) is 1. The van der Waals surface area contributed by atoms with Gasteiger partial charge in [0.25, 0.3) is 5.91 Å². The third kappa shape index (κ3) is 6.53. The molecule has 0 unspecified atom stereocenters. The first-order chi connectivity index (χ1) is 20.4. The van der Waals surface area contributed by atoms with Crippen LogP contribution in [0.4, 0.5) is 16.3 Å². The Hall–Kier alpha value is -4.33. The Labute approximate surface area is 252 Å². The Kier molecular flexibility index (Phi) is 8.49. The molecular weight excluding hydrogens is 546 g/mol. The lowest BCUT2D eigenvalue weighted by molar-refractivity contribution is 0.0556. The van der Waals surface area contributed by atoms with Crippen molar-refractivity contribution in [1.82, 2.24) is 15.2 Å². The highest BCUT2D eigenvalue weighted by atomic mass is 16.4. The fraction of sp³-hybridized carbons (Fsp3) is 0.531. The summed E-state index contributed by atoms with van der Waals surface area (Å²) in [6.07, 6.45) is 7.26. The predicted octanol–water partition coefficient (Wildman–Crippen LogP) is 4.48. The van der Waals surface area contributed by atoms with Crippen LogP contribution in [-0.4, -0.2) is 68.6 Å². The van der Waals surface area contributed by atoms with E-state index in [2.05, 4.69) is 26.6 Å². The molecule has 1 aliphatic carbocycles. The van der Waals surface area contributed by atoms with E-state index in [4.69, 9.17) is 5.73 Å². The molecule has 11 heteroatoms. The average molecular weight is 588 g/mol. The van der Waals surface area contributed by atoms with Gasteiger partial charge in [-0.3, -0.25) is 9.59 Å². The SMILES string of the molecule is CC(C)(C)N(C(=O)O)[C@H]1CC[C@H](Nc2cc(C(=O)N[C@H]3C[C@H]4CC[C@@H](C3)N4c3ccc(C(N)=O)cn3)ccc2C#N)CC1. The maximum absolute atomic E-state index is 13.4. The van der Waals surface area contributed by atoms with Gasteiger partial charge in [-0.15, -0.1) is 0 Å². The number of anilines is 2. The average Bonchev–Trinajstić information content (AvgIpc) is 3.22. The highest BCUT2D eigenvalue weighted by Gasteiger charge is 2.42. The first-order valence-electron chi connectivity index (χ1n) is 15.1. The number of nitriles is 1. The number of carboxylic acid groups (broad SMARTS) is 1. The molecular formula is C32H41N7O4. The second kappa shape index (κ2) is 12.1. The van der Waals surface area contributed by atoms with Crippen molar-refractivity contribution in [3.05, 3.63) is 53.2 Å². The number of hydrogen-bond donors (Lipinski definition) is 4. The number of rotatable bonds is 7. The van der Waals surface area contributed by atoms with Crippen LogP contribution in [0.2, 0.25) is 0 Å². The van der Waals surface area contributed by atoms with Gasteiger partial charge in [0.15, 0.2) is 0 Å². The predicted molar refractivity (Wildman–Crippen MR) is 163 cm³/mol. The van der Waals surface area contributed by atoms with E-state index in [1.807, 2.05) is 26.8 Å². The molecule has 2 aromatic rings. The molecule has 2 saturated heterocycles. The van der Waals surface area contributed by atoms with Gasteiger partial charge in [0.1, 0.15) is 11.9 Å². The molecule has 3 aliphatic rings. The lowest BCUT2D eigenvalue weighted by Crippen LogP contribution is -2.52. The van der Waals surface area contributed by atoms with Gasteiger partial charge >= 0.3 is 6.09 Å². The minimum Gasteiger partial charge on any atom is -0.465 e. The lowest BCUT2D eigenvalue weighted by atomic mass is 9.87. The summed E-state index contributed by atoms with van der Waals surface area (Å²) in [5.41, 5.74) is 6.87. The van der Waals surface area contributed by atoms with Crippen LogP contribution in [0, 0.1) is 11.3 Å². The van der Waals surface area contributed by atoms with Crippen LogP contribution in [0.1, 0.15) is 98.4 Å². The zero-order valence-corrected chi connectivity index (χ0v) is 25.0. The number of aromatic nitrogens is 1. The largest absolute Gasteiger partial charge is 0.465 e. The molecule has 3 fully saturated rings. The number of pyridine rings is 1. The van der Waals surface area contributed by atoms with E-state index in [-0.39, 0.29) is 36.1 Å². The van der Waals surface area contributed by atoms with E-state index < -0.39 is 17.5 Å². The summed E-state index contributed by atoms with van der Waals surface area (Å²) in [6.45, 7) is 5.74. The van der Waals surface area contributed by atoms with Crippen LogP contribution in [-0.2, 0) is 0 Å². The van der Waals surface area contributed by atoms with Crippen LogP contribution < -0.4 is 21.3 Å². The van der Waals surface area contributed by atoms with Crippen molar-refractivity contribution >= 4 is 29.4 Å². The third-order valence-corrected chi connectivity index (χ3v) is 9.12. The molecule has 1 saturated carbocycles. The van der Waals surface area contributed by atoms with Crippen molar-refractivity contribution in [3.63, 3.8) is 0 Å². The molecule has 2 bridgehead atoms. The first-order valence-corrected chi connectivity index (χ1v) is 15.1. The number of benzene rings is 1. The topological polar surface area (TPSA) is 165 Å². The molecule has 3 amide bonds. The molecule has 3 heterocycles. The highest BCUT2D eigenvalue weighted by molar-refractivity contribution is 5.96. The summed E-state index contributed by atoms with van der Waals surface area (Å²) in [5, 5.41) is 26.2. The van der Waals surface area contributed by atoms with Gasteiger partial charge in [-0.1, -0.05) is 0 Å². The molecule has 2 aliphatic heterocycles. The summed E-state index contributed by atoms with van der Waals surface area (Å²) in [4.78, 5) is 45.0. The standard InChI is InChI=1S/C32H41N7O4/c1-32(2,3)39(31(42)43)24-9-7-22(8-10-24)36-27-14-19(4-5-20(27)17-33)30(41)37-23-15-25-11-12-26(16-23)38(25)28-13-6-21(18-35-28)29(34)40/h4-6,13-14,18,22-26,36H,7-12,15-16H2,1-3H3,(H2,34,40)(H,37,41)(H,42,43)/t22-,23-,24-,25+,26-. The van der Waals surface area contributed by atoms with E-state index >= 15 is 0 Å². The molecule has 43 heavy (non-hydrogen) atoms. The van der Waals surface area contributed by atoms with Gasteiger partial charge in [0.05, 0.1) is 16.8 Å². The van der Waals surface area contributed by atoms with E-state index in [1.54, 1.807) is 29.2 Å². The van der Waals surface area contributed by atoms with Crippen molar-refractivity contribution in [2.45, 2.75) is 108 Å². The molecule has 0 radical (unpaired) electrons. The molecule has 228 valence electrons. The van der Waals surface area contributed by atoms with Crippen LogP contribution >= 0.6 is 0 Å². The molecule has 3 atom stereocenters. The van der Waals surface area contributed by atoms with E-state index in [0.29, 0.717) is 22.4 Å². The van der Waals surface area contributed by atoms with E-state index in [0.717, 1.165) is 57.2 Å². The number of fused-ring (bicyclic) bond motifs is 2. The van der Waals surface area contributed by atoms with Crippen molar-refractivity contribution in [3.8, 4) is 6.07 Å². The Morgan fingerprint density at radius 1 is 1.00 bits per heavy atom. The maximum atomic E-state index is 13.4. The Balaban J connectivity index is 1.20. The number of amides is 3. The normalized spacial score (nSPS) is 25.0. The Morgan fingerprint density at radius 2 is 1.65 bits per heavy atom. The van der Waals surface area contributed by atoms with Crippen molar-refractivity contribution in [2.75, 3.05) is 10.2 Å². The summed E-state index contributed by atoms with van der Waals surface area (Å²) in [6, 6.07) is 11.5. The van der Waals surface area contributed by atoms with E-state index in [1.165, 1.54) is 6.20 Å². The van der Waals surface area contributed by atoms with Crippen molar-refractivity contribution in [1.29, 1.82) is 5.26 Å². The summed E-state index contributed by atoms with van der Waals surface area (Å²) in [5.74, 6) is 0.161. The maximum Gasteiger partial charge on any atom is 0.407 e. The number of carbonyl (C=O) groups is 3. The quantitative estimate of drug-likeness (QED) is 0.368. The van der Waals surface area contributed by atoms with Crippen LogP contribution in [0.3, 0.4) is 0 Å². The lowest BCUT2D eigenvalue weighted by Gasteiger charge is -2.43. The minimum absolute atomic E-state index is 0.0217. The van der Waals surface area contributed by atoms with E-state index in [9.17, 15) is 24.8 Å². The minimum atomic E-state index is -0.899. The smallest absolute Gasteiger partial charge is 0.407 e. The Bertz CT molecular complexity index is 1390. The number of primary amides is 1. The fourth-order valence-electron chi connectivity index (χ4n) is 7.21. The summed E-state index contributed by atoms with van der Waals surface area (Å²) in [7, 11) is 0. The number of piperidine rings is 1. The zero-order chi connectivity index (χ0) is 30.9. The third-order valence-electron chi connectivity index (χ3n) is 9.12. The summed E-state index contributed by atoms with van der Waals surface area (Å²) < 4.78 is 0. The number of nitrogens with one attached hydrogen (secondary N) is 2. The zero-order valence-electron chi connectivity index (χ0n) is 25.0. The van der Waals surface area contributed by atoms with Gasteiger partial charge in [-0.05, 0) is 102 Å². The number of hydrogen-bond acceptors (Lipinski definition) is 7. The monoisotopic (exact) mass is 587 g/mol. The van der Waals surface area contributed by atoms with Gasteiger partial charge in [-0.2, -0.15) is 5.26 Å².